The molecule has 0 saturated heterocycles. The van der Waals surface area contributed by atoms with E-state index in [0.29, 0.717) is 30.0 Å². The number of aliphatic hydroxyl groups is 4. The molecule has 34 heavy (non-hydrogen) atoms. The summed E-state index contributed by atoms with van der Waals surface area (Å²) in [7, 11) is -3.78. The molecular weight excluding hydrogens is 546 g/mol. The molecule has 0 radical (unpaired) electrons. The number of nitrogens with zero attached hydrogens (tertiary/aromatic N) is 1. The summed E-state index contributed by atoms with van der Waals surface area (Å²) in [6, 6.07) is 4.00. The molecule has 4 N–H and O–H groups in total. The van der Waals surface area contributed by atoms with Crippen molar-refractivity contribution < 1.29 is 33.6 Å². The van der Waals surface area contributed by atoms with Crippen LogP contribution in [0.25, 0.3) is 0 Å². The van der Waals surface area contributed by atoms with Crippen LogP contribution in [0.1, 0.15) is 43.4 Å². The second-order valence-corrected chi connectivity index (χ2v) is 13.0. The van der Waals surface area contributed by atoms with Crippen molar-refractivity contribution in [1.82, 2.24) is 4.31 Å². The van der Waals surface area contributed by atoms with Crippen LogP contribution in [0, 0.1) is 11.8 Å². The van der Waals surface area contributed by atoms with Crippen molar-refractivity contribution in [2.75, 3.05) is 13.0 Å². The number of hydrogen-bond donors (Lipinski definition) is 4. The molecule has 0 bridgehead atoms. The molecule has 0 aliphatic heterocycles. The van der Waals surface area contributed by atoms with E-state index in [0.717, 1.165) is 16.5 Å². The van der Waals surface area contributed by atoms with Crippen molar-refractivity contribution >= 4 is 43.2 Å². The van der Waals surface area contributed by atoms with Gasteiger partial charge in [0.1, 0.15) is 6.73 Å². The molecular formula is C23H34BrNO7S2. The fraction of sp³-hybridized carbons (Fsp3) is 0.609. The van der Waals surface area contributed by atoms with Crippen molar-refractivity contribution in [2.45, 2.75) is 63.3 Å². The Morgan fingerprint density at radius 3 is 2.65 bits per heavy atom. The molecule has 2 rings (SSSR count). The van der Waals surface area contributed by atoms with Crippen LogP contribution in [0.2, 0.25) is 0 Å². The number of rotatable bonds is 13. The maximum Gasteiger partial charge on any atom is 0.238 e. The van der Waals surface area contributed by atoms with Gasteiger partial charge in [0.2, 0.25) is 15.9 Å². The van der Waals surface area contributed by atoms with Gasteiger partial charge in [-0.1, -0.05) is 24.3 Å². The smallest absolute Gasteiger partial charge is 0.238 e. The van der Waals surface area contributed by atoms with Crippen LogP contribution in [-0.4, -0.2) is 70.4 Å². The molecule has 1 fully saturated rings. The first-order chi connectivity index (χ1) is 16.0. The number of unbranched alkanes of at least 4 members (excludes halogenated alkanes) is 1. The van der Waals surface area contributed by atoms with Gasteiger partial charge in [0.05, 0.1) is 28.4 Å². The summed E-state index contributed by atoms with van der Waals surface area (Å²) in [4.78, 5) is 13.1. The molecule has 1 aromatic rings. The highest BCUT2D eigenvalue weighted by Crippen LogP contribution is 2.36. The summed E-state index contributed by atoms with van der Waals surface area (Å²) in [5, 5.41) is 40.1. The largest absolute Gasteiger partial charge is 0.393 e. The minimum Gasteiger partial charge on any atom is -0.393 e. The van der Waals surface area contributed by atoms with E-state index in [2.05, 4.69) is 15.9 Å². The maximum atomic E-state index is 11.9. The molecule has 1 aliphatic carbocycles. The van der Waals surface area contributed by atoms with Gasteiger partial charge < -0.3 is 20.4 Å². The number of carbonyl (C=O) groups is 1. The van der Waals surface area contributed by atoms with E-state index in [1.165, 1.54) is 4.88 Å². The molecule has 1 heterocycles. The minimum atomic E-state index is -3.78. The van der Waals surface area contributed by atoms with Gasteiger partial charge in [-0.05, 0) is 66.1 Å². The Kier molecular flexibility index (Phi) is 11.9. The summed E-state index contributed by atoms with van der Waals surface area (Å²) in [6.45, 7) is -0.870. The predicted molar refractivity (Wildman–Crippen MR) is 135 cm³/mol. The standard InChI is InChI=1S/C23H34BrNO7S2/c1-34(31,32)25(15-26)23(30)7-5-3-2-4-6-18-19(21(29)14-20(18)28)12-9-16(27)8-10-17-11-13-22(24)33-17/h2,4,9,11-13,16,18-21,26-29H,3,5-8,10,14-15H2,1H3/b4-2-,12-9+/t16-,18+,19+,20-,21+/m0/s1. The van der Waals surface area contributed by atoms with E-state index in [1.54, 1.807) is 17.4 Å². The highest BCUT2D eigenvalue weighted by atomic mass is 79.9. The Bertz CT molecular complexity index is 947. The predicted octanol–water partition coefficient (Wildman–Crippen LogP) is 2.57. The molecule has 1 aromatic heterocycles. The fourth-order valence-electron chi connectivity index (χ4n) is 4.07. The van der Waals surface area contributed by atoms with Crippen molar-refractivity contribution in [3.63, 3.8) is 0 Å². The highest BCUT2D eigenvalue weighted by Gasteiger charge is 2.39. The van der Waals surface area contributed by atoms with Crippen LogP contribution in [0.4, 0.5) is 0 Å². The van der Waals surface area contributed by atoms with Crippen LogP contribution < -0.4 is 0 Å². The van der Waals surface area contributed by atoms with E-state index < -0.39 is 41.0 Å². The zero-order valence-corrected chi connectivity index (χ0v) is 22.4. The van der Waals surface area contributed by atoms with Gasteiger partial charge in [0.15, 0.2) is 0 Å². The van der Waals surface area contributed by atoms with Gasteiger partial charge >= 0.3 is 0 Å². The summed E-state index contributed by atoms with van der Waals surface area (Å²) in [6.07, 6.45) is 9.28. The van der Waals surface area contributed by atoms with Crippen LogP contribution in [0.5, 0.6) is 0 Å². The zero-order valence-electron chi connectivity index (χ0n) is 19.2. The third-order valence-corrected chi connectivity index (χ3v) is 8.73. The summed E-state index contributed by atoms with van der Waals surface area (Å²) >= 11 is 5.06. The number of amides is 1. The molecule has 11 heteroatoms. The Balaban J connectivity index is 1.79. The highest BCUT2D eigenvalue weighted by molar-refractivity contribution is 9.11. The Morgan fingerprint density at radius 2 is 2.03 bits per heavy atom. The lowest BCUT2D eigenvalue weighted by Gasteiger charge is -2.19. The molecule has 1 aliphatic rings. The normalized spacial score (nSPS) is 24.3. The van der Waals surface area contributed by atoms with E-state index in [-0.39, 0.29) is 24.7 Å². The molecule has 192 valence electrons. The summed E-state index contributed by atoms with van der Waals surface area (Å²) < 4.78 is 24.4. The fourth-order valence-corrected chi connectivity index (χ4v) is 6.24. The second kappa shape index (κ2) is 13.9. The number of hydrogen-bond acceptors (Lipinski definition) is 8. The molecule has 5 atom stereocenters. The topological polar surface area (TPSA) is 135 Å². The molecule has 0 spiro atoms. The van der Waals surface area contributed by atoms with E-state index in [1.807, 2.05) is 30.4 Å². The van der Waals surface area contributed by atoms with Crippen molar-refractivity contribution in [3.8, 4) is 0 Å². The Labute approximate surface area is 213 Å². The van der Waals surface area contributed by atoms with Gasteiger partial charge in [0, 0.05) is 23.6 Å². The summed E-state index contributed by atoms with van der Waals surface area (Å²) in [5.74, 6) is -1.09. The van der Waals surface area contributed by atoms with Gasteiger partial charge in [-0.2, -0.15) is 0 Å². The van der Waals surface area contributed by atoms with Crippen LogP contribution in [0.15, 0.2) is 40.2 Å². The van der Waals surface area contributed by atoms with E-state index >= 15 is 0 Å². The first kappa shape index (κ1) is 29.2. The molecule has 0 aromatic carbocycles. The van der Waals surface area contributed by atoms with E-state index in [4.69, 9.17) is 5.11 Å². The third kappa shape index (κ3) is 9.18. The van der Waals surface area contributed by atoms with Crippen molar-refractivity contribution in [3.05, 3.63) is 45.1 Å². The number of allylic oxidation sites excluding steroid dienone is 2. The lowest BCUT2D eigenvalue weighted by Crippen LogP contribution is -2.36. The minimum absolute atomic E-state index is 0.00554. The molecule has 1 saturated carbocycles. The zero-order chi connectivity index (χ0) is 25.3. The van der Waals surface area contributed by atoms with Crippen molar-refractivity contribution in [2.24, 2.45) is 11.8 Å². The lowest BCUT2D eigenvalue weighted by atomic mass is 9.89. The number of thiophene rings is 1. The van der Waals surface area contributed by atoms with E-state index in [9.17, 15) is 28.5 Å². The first-order valence-electron chi connectivity index (χ1n) is 11.3. The molecule has 8 nitrogen and oxygen atoms in total. The monoisotopic (exact) mass is 579 g/mol. The van der Waals surface area contributed by atoms with Gasteiger partial charge in [-0.3, -0.25) is 4.79 Å². The van der Waals surface area contributed by atoms with Crippen LogP contribution in [-0.2, 0) is 21.2 Å². The first-order valence-corrected chi connectivity index (χ1v) is 14.7. The van der Waals surface area contributed by atoms with Crippen LogP contribution in [0.3, 0.4) is 0 Å². The Morgan fingerprint density at radius 1 is 1.29 bits per heavy atom. The number of aryl methyl sites for hydroxylation is 1. The lowest BCUT2D eigenvalue weighted by molar-refractivity contribution is -0.128. The second-order valence-electron chi connectivity index (χ2n) is 8.55. The average Bonchev–Trinajstić information content (AvgIpc) is 3.28. The third-order valence-electron chi connectivity index (χ3n) is 5.93. The number of aliphatic hydroxyl groups excluding tert-OH is 4. The number of sulfonamides is 1. The maximum absolute atomic E-state index is 11.9. The SMILES string of the molecule is CS(=O)(=O)N(CO)C(=O)CCC/C=C\C[C@@H]1[C@@H](/C=C/[C@@H](O)CCc2ccc(Br)s2)[C@H](O)C[C@@H]1O. The van der Waals surface area contributed by atoms with Gasteiger partial charge in [-0.25, -0.2) is 12.7 Å². The van der Waals surface area contributed by atoms with Gasteiger partial charge in [-0.15, -0.1) is 11.3 Å². The van der Waals surface area contributed by atoms with Crippen molar-refractivity contribution in [1.29, 1.82) is 0 Å². The average molecular weight is 581 g/mol. The van der Waals surface area contributed by atoms with Gasteiger partial charge in [0.25, 0.3) is 0 Å². The molecule has 0 unspecified atom stereocenters. The quantitative estimate of drug-likeness (QED) is 0.160. The number of halogens is 1. The Hall–Kier alpha value is -1.08. The summed E-state index contributed by atoms with van der Waals surface area (Å²) in [5.41, 5.74) is 0. The molecule has 1 amide bonds. The van der Waals surface area contributed by atoms with Crippen LogP contribution >= 0.6 is 27.3 Å². The number of carbonyl (C=O) groups excluding carboxylic acids is 1.